The maximum Gasteiger partial charge on any atom is 0.410 e. The fourth-order valence-electron chi connectivity index (χ4n) is 3.59. The molecule has 0 N–H and O–H groups in total. The lowest BCUT2D eigenvalue weighted by Gasteiger charge is -2.34. The van der Waals surface area contributed by atoms with Crippen LogP contribution in [0.4, 0.5) is 4.79 Å². The van der Waals surface area contributed by atoms with Crippen molar-refractivity contribution in [2.24, 2.45) is 0 Å². The van der Waals surface area contributed by atoms with Crippen molar-refractivity contribution in [3.63, 3.8) is 0 Å². The first-order chi connectivity index (χ1) is 14.2. The molecular formula is C22H28ClN3O4. The minimum atomic E-state index is -0.534. The predicted molar refractivity (Wildman–Crippen MR) is 114 cm³/mol. The summed E-state index contributed by atoms with van der Waals surface area (Å²) < 4.78 is 12.5. The van der Waals surface area contributed by atoms with Gasteiger partial charge >= 0.3 is 12.1 Å². The molecule has 0 saturated carbocycles. The number of hydrogen-bond donors (Lipinski definition) is 0. The van der Waals surface area contributed by atoms with Crippen molar-refractivity contribution in [1.29, 1.82) is 0 Å². The molecule has 8 heteroatoms. The molecule has 0 bridgehead atoms. The van der Waals surface area contributed by atoms with E-state index < -0.39 is 11.6 Å². The first-order valence-electron chi connectivity index (χ1n) is 10.2. The molecule has 7 nitrogen and oxygen atoms in total. The third-order valence-corrected chi connectivity index (χ3v) is 5.24. The van der Waals surface area contributed by atoms with Gasteiger partial charge in [-0.3, -0.25) is 0 Å². The van der Waals surface area contributed by atoms with Crippen molar-refractivity contribution >= 4 is 23.7 Å². The number of rotatable bonds is 4. The Morgan fingerprint density at radius 2 is 1.87 bits per heavy atom. The maximum absolute atomic E-state index is 12.6. The second kappa shape index (κ2) is 9.08. The van der Waals surface area contributed by atoms with E-state index in [0.717, 1.165) is 5.69 Å². The molecule has 30 heavy (non-hydrogen) atoms. The van der Waals surface area contributed by atoms with Gasteiger partial charge in [0.2, 0.25) is 0 Å². The number of aromatic nitrogens is 2. The number of esters is 1. The Morgan fingerprint density at radius 1 is 1.20 bits per heavy atom. The zero-order valence-corrected chi connectivity index (χ0v) is 18.6. The minimum Gasteiger partial charge on any atom is -0.462 e. The highest BCUT2D eigenvalue weighted by molar-refractivity contribution is 6.32. The topological polar surface area (TPSA) is 73.7 Å². The van der Waals surface area contributed by atoms with Crippen LogP contribution in [0.15, 0.2) is 30.5 Å². The zero-order valence-electron chi connectivity index (χ0n) is 17.9. The Labute approximate surface area is 181 Å². The number of piperidine rings is 1. The lowest BCUT2D eigenvalue weighted by atomic mass is 9.91. The molecule has 0 atom stereocenters. The van der Waals surface area contributed by atoms with Crippen LogP contribution in [0.2, 0.25) is 5.02 Å². The number of nitrogens with zero attached hydrogens (tertiary/aromatic N) is 3. The molecule has 0 aliphatic carbocycles. The van der Waals surface area contributed by atoms with E-state index in [2.05, 4.69) is 5.10 Å². The number of benzene rings is 1. The van der Waals surface area contributed by atoms with Crippen molar-refractivity contribution in [3.05, 3.63) is 46.7 Å². The van der Waals surface area contributed by atoms with E-state index in [0.29, 0.717) is 42.2 Å². The molecule has 1 amide bonds. The number of amides is 1. The molecule has 0 spiro atoms. The Morgan fingerprint density at radius 3 is 2.47 bits per heavy atom. The minimum absolute atomic E-state index is 0.0295. The van der Waals surface area contributed by atoms with Gasteiger partial charge in [0.05, 0.1) is 29.2 Å². The van der Waals surface area contributed by atoms with E-state index in [1.807, 2.05) is 39.0 Å². The second-order valence-electron chi connectivity index (χ2n) is 8.27. The maximum atomic E-state index is 12.6. The van der Waals surface area contributed by atoms with E-state index in [4.69, 9.17) is 21.1 Å². The molecule has 0 unspecified atom stereocenters. The van der Waals surface area contributed by atoms with Gasteiger partial charge < -0.3 is 14.4 Å². The third kappa shape index (κ3) is 4.95. The molecule has 1 aliphatic rings. The summed E-state index contributed by atoms with van der Waals surface area (Å²) in [7, 11) is 0. The predicted octanol–water partition coefficient (Wildman–Crippen LogP) is 4.82. The molecule has 1 saturated heterocycles. The molecular weight excluding hydrogens is 406 g/mol. The molecule has 0 radical (unpaired) electrons. The summed E-state index contributed by atoms with van der Waals surface area (Å²) in [4.78, 5) is 26.7. The van der Waals surface area contributed by atoms with Crippen LogP contribution in [0.25, 0.3) is 5.69 Å². The molecule has 2 heterocycles. The van der Waals surface area contributed by atoms with Gasteiger partial charge in [0.25, 0.3) is 0 Å². The fourth-order valence-corrected chi connectivity index (χ4v) is 3.81. The van der Waals surface area contributed by atoms with Crippen LogP contribution in [0.3, 0.4) is 0 Å². The number of hydrogen-bond acceptors (Lipinski definition) is 5. The molecule has 1 aromatic heterocycles. The second-order valence-corrected chi connectivity index (χ2v) is 8.68. The van der Waals surface area contributed by atoms with Gasteiger partial charge in [0.1, 0.15) is 11.2 Å². The Balaban J connectivity index is 1.88. The standard InChI is InChI=1S/C22H28ClN3O4/c1-5-29-20(27)16-14-24-26(18-9-7-6-8-17(18)23)19(16)15-10-12-25(13-11-15)21(28)30-22(2,3)4/h6-9,14-15H,5,10-13H2,1-4H3. The molecule has 3 rings (SSSR count). The monoisotopic (exact) mass is 433 g/mol. The van der Waals surface area contributed by atoms with Crippen LogP contribution >= 0.6 is 11.6 Å². The average Bonchev–Trinajstić information content (AvgIpc) is 3.12. The highest BCUT2D eigenvalue weighted by Gasteiger charge is 2.32. The van der Waals surface area contributed by atoms with E-state index in [9.17, 15) is 9.59 Å². The van der Waals surface area contributed by atoms with E-state index in [-0.39, 0.29) is 18.6 Å². The quantitative estimate of drug-likeness (QED) is 0.646. The van der Waals surface area contributed by atoms with Gasteiger partial charge in [-0.15, -0.1) is 0 Å². The summed E-state index contributed by atoms with van der Waals surface area (Å²) >= 11 is 6.40. The summed E-state index contributed by atoms with van der Waals surface area (Å²) in [5, 5.41) is 5.00. The van der Waals surface area contributed by atoms with Gasteiger partial charge in [0, 0.05) is 19.0 Å². The van der Waals surface area contributed by atoms with Crippen LogP contribution in [-0.2, 0) is 9.47 Å². The van der Waals surface area contributed by atoms with Crippen LogP contribution < -0.4 is 0 Å². The molecule has 1 aromatic carbocycles. The van der Waals surface area contributed by atoms with Gasteiger partial charge in [-0.05, 0) is 52.7 Å². The average molecular weight is 434 g/mol. The Bertz CT molecular complexity index is 911. The first-order valence-corrected chi connectivity index (χ1v) is 10.6. The van der Waals surface area contributed by atoms with Crippen molar-refractivity contribution in [1.82, 2.24) is 14.7 Å². The lowest BCUT2D eigenvalue weighted by molar-refractivity contribution is 0.0202. The number of ether oxygens (including phenoxy) is 2. The van der Waals surface area contributed by atoms with E-state index >= 15 is 0 Å². The number of likely N-dealkylation sites (tertiary alicyclic amines) is 1. The SMILES string of the molecule is CCOC(=O)c1cnn(-c2ccccc2Cl)c1C1CCN(C(=O)OC(C)(C)C)CC1. The summed E-state index contributed by atoms with van der Waals surface area (Å²) in [6.45, 7) is 8.69. The van der Waals surface area contributed by atoms with Crippen molar-refractivity contribution in [2.75, 3.05) is 19.7 Å². The first kappa shape index (κ1) is 22.2. The Kier molecular flexibility index (Phi) is 6.71. The number of carbonyl (C=O) groups is 2. The summed E-state index contributed by atoms with van der Waals surface area (Å²) in [5.74, 6) is -0.373. The van der Waals surface area contributed by atoms with Crippen molar-refractivity contribution in [2.45, 2.75) is 52.1 Å². The fraction of sp³-hybridized carbons (Fsp3) is 0.500. The highest BCUT2D eigenvalue weighted by atomic mass is 35.5. The third-order valence-electron chi connectivity index (χ3n) is 4.92. The summed E-state index contributed by atoms with van der Waals surface area (Å²) in [6.07, 6.45) is 2.59. The number of halogens is 1. The van der Waals surface area contributed by atoms with Gasteiger partial charge in [-0.25, -0.2) is 14.3 Å². The number of para-hydroxylation sites is 1. The number of carbonyl (C=O) groups excluding carboxylic acids is 2. The van der Waals surface area contributed by atoms with Gasteiger partial charge in [0.15, 0.2) is 0 Å². The van der Waals surface area contributed by atoms with Crippen LogP contribution in [0.5, 0.6) is 0 Å². The molecule has 162 valence electrons. The van der Waals surface area contributed by atoms with E-state index in [1.54, 1.807) is 22.6 Å². The van der Waals surface area contributed by atoms with Crippen LogP contribution in [0, 0.1) is 0 Å². The van der Waals surface area contributed by atoms with Crippen LogP contribution in [0.1, 0.15) is 62.5 Å². The summed E-state index contributed by atoms with van der Waals surface area (Å²) in [5.41, 5.74) is 1.38. The highest BCUT2D eigenvalue weighted by Crippen LogP contribution is 2.34. The largest absolute Gasteiger partial charge is 0.462 e. The smallest absolute Gasteiger partial charge is 0.410 e. The van der Waals surface area contributed by atoms with Crippen molar-refractivity contribution < 1.29 is 19.1 Å². The molecule has 1 fully saturated rings. The summed E-state index contributed by atoms with van der Waals surface area (Å²) in [6, 6.07) is 7.38. The molecule has 1 aliphatic heterocycles. The van der Waals surface area contributed by atoms with Crippen molar-refractivity contribution in [3.8, 4) is 5.69 Å². The van der Waals surface area contributed by atoms with Gasteiger partial charge in [-0.1, -0.05) is 23.7 Å². The van der Waals surface area contributed by atoms with Crippen LogP contribution in [-0.4, -0.2) is 52.0 Å². The lowest BCUT2D eigenvalue weighted by Crippen LogP contribution is -2.41. The Hall–Kier alpha value is -2.54. The molecule has 2 aromatic rings. The van der Waals surface area contributed by atoms with E-state index in [1.165, 1.54) is 6.20 Å². The van der Waals surface area contributed by atoms with Gasteiger partial charge in [-0.2, -0.15) is 5.10 Å². The zero-order chi connectivity index (χ0) is 21.9. The normalized spacial score (nSPS) is 15.2.